The van der Waals surface area contributed by atoms with Gasteiger partial charge in [0.2, 0.25) is 23.6 Å². The van der Waals surface area contributed by atoms with Crippen molar-refractivity contribution in [2.75, 3.05) is 48.0 Å². The third-order valence-electron chi connectivity index (χ3n) is 11.3. The van der Waals surface area contributed by atoms with Crippen molar-refractivity contribution >= 4 is 29.6 Å². The first-order chi connectivity index (χ1) is 26.4. The summed E-state index contributed by atoms with van der Waals surface area (Å²) in [6, 6.07) is 5.65. The number of amides is 4. The number of nitrogens with zero attached hydrogens (tertiary/aromatic N) is 3. The van der Waals surface area contributed by atoms with Gasteiger partial charge in [-0.1, -0.05) is 85.2 Å². The fourth-order valence-electron chi connectivity index (χ4n) is 7.98. The zero-order chi connectivity index (χ0) is 42.3. The second kappa shape index (κ2) is 23.6. The number of aliphatic carboxylic acids is 1. The fourth-order valence-corrected chi connectivity index (χ4v) is 7.98. The molecule has 318 valence electrons. The number of rotatable bonds is 24. The number of nitrogens with two attached hydrogens (primary N) is 1. The van der Waals surface area contributed by atoms with Crippen LogP contribution in [-0.4, -0.2) is 140 Å². The molecule has 1 fully saturated rings. The monoisotopic (exact) mass is 791 g/mol. The van der Waals surface area contributed by atoms with Crippen molar-refractivity contribution in [2.45, 2.75) is 123 Å². The zero-order valence-corrected chi connectivity index (χ0v) is 35.5. The number of hydrogen-bond acceptors (Lipinski definition) is 10. The van der Waals surface area contributed by atoms with Crippen LogP contribution in [0.3, 0.4) is 0 Å². The van der Waals surface area contributed by atoms with E-state index < -0.39 is 60.2 Å². The van der Waals surface area contributed by atoms with Gasteiger partial charge in [-0.05, 0) is 43.2 Å². The third kappa shape index (κ3) is 13.2. The summed E-state index contributed by atoms with van der Waals surface area (Å²) in [7, 11) is 6.54. The molecule has 2 rings (SSSR count). The van der Waals surface area contributed by atoms with Crippen LogP contribution in [-0.2, 0) is 44.7 Å². The Bertz CT molecular complexity index is 1400. The molecule has 5 N–H and O–H groups in total. The molecule has 0 aliphatic carbocycles. The number of carbonyl (C=O) groups is 5. The smallest absolute Gasteiger partial charge is 0.326 e. The highest BCUT2D eigenvalue weighted by molar-refractivity contribution is 5.90. The quantitative estimate of drug-likeness (QED) is 0.113. The van der Waals surface area contributed by atoms with E-state index in [9.17, 15) is 29.1 Å². The van der Waals surface area contributed by atoms with E-state index in [-0.39, 0.29) is 54.9 Å². The maximum absolute atomic E-state index is 14.3. The van der Waals surface area contributed by atoms with Gasteiger partial charge in [0.25, 0.3) is 0 Å². The number of likely N-dealkylation sites (N-methyl/N-ethyl adjacent to an activating group) is 2. The van der Waals surface area contributed by atoms with Gasteiger partial charge < -0.3 is 39.9 Å². The summed E-state index contributed by atoms with van der Waals surface area (Å²) in [5.41, 5.74) is 0.779. The van der Waals surface area contributed by atoms with Crippen LogP contribution in [0.25, 0.3) is 0 Å². The van der Waals surface area contributed by atoms with Gasteiger partial charge in [0.1, 0.15) is 12.1 Å². The number of carbonyl (C=O) groups excluding carboxylic acids is 4. The number of ether oxygens (including phenoxy) is 2. The average molecular weight is 791 g/mol. The Kier molecular flexibility index (Phi) is 20.4. The molecule has 1 aliphatic rings. The third-order valence-corrected chi connectivity index (χ3v) is 11.3. The van der Waals surface area contributed by atoms with Crippen molar-refractivity contribution in [1.82, 2.24) is 25.3 Å². The first-order valence-electron chi connectivity index (χ1n) is 20.0. The highest BCUT2D eigenvalue weighted by atomic mass is 16.6. The molecular weight excluding hydrogens is 720 g/mol. The molecule has 1 aromatic rings. The normalized spacial score (nSPS) is 18.8. The Hall–Kier alpha value is -3.63. The van der Waals surface area contributed by atoms with Crippen molar-refractivity contribution in [1.29, 1.82) is 0 Å². The lowest BCUT2D eigenvalue weighted by Crippen LogP contribution is -2.60. The first kappa shape index (κ1) is 48.5. The highest BCUT2D eigenvalue weighted by Crippen LogP contribution is 2.30. The molecule has 56 heavy (non-hydrogen) atoms. The molecule has 4 amide bonds. The summed E-state index contributed by atoms with van der Waals surface area (Å²) in [4.78, 5) is 77.8. The van der Waals surface area contributed by atoms with E-state index in [1.807, 2.05) is 83.8 Å². The predicted octanol–water partition coefficient (Wildman–Crippen LogP) is 2.71. The number of nitrogens with one attached hydrogen (secondary N) is 2. The summed E-state index contributed by atoms with van der Waals surface area (Å²) in [6.45, 7) is 14.5. The van der Waals surface area contributed by atoms with Crippen molar-refractivity contribution in [3.05, 3.63) is 35.9 Å². The van der Waals surface area contributed by atoms with Crippen molar-refractivity contribution in [3.63, 3.8) is 0 Å². The molecule has 1 aliphatic heterocycles. The molecule has 1 unspecified atom stereocenters. The van der Waals surface area contributed by atoms with E-state index in [2.05, 4.69) is 10.6 Å². The topological polar surface area (TPSA) is 193 Å². The Balaban J connectivity index is 2.28. The minimum Gasteiger partial charge on any atom is -0.480 e. The lowest BCUT2D eigenvalue weighted by atomic mass is 9.89. The number of hydrogen-bond donors (Lipinski definition) is 4. The minimum atomic E-state index is -1.14. The van der Waals surface area contributed by atoms with Crippen LogP contribution in [0.4, 0.5) is 0 Å². The molecule has 15 nitrogen and oxygen atoms in total. The van der Waals surface area contributed by atoms with Crippen LogP contribution in [0.15, 0.2) is 30.3 Å². The van der Waals surface area contributed by atoms with Crippen molar-refractivity contribution < 1.29 is 43.4 Å². The van der Waals surface area contributed by atoms with Gasteiger partial charge in [-0.25, -0.2) is 10.7 Å². The number of benzene rings is 1. The fraction of sp³-hybridized carbons (Fsp3) is 0.732. The van der Waals surface area contributed by atoms with Crippen LogP contribution >= 0.6 is 0 Å². The number of likely N-dealkylation sites (tertiary alicyclic amines) is 1. The van der Waals surface area contributed by atoms with E-state index in [4.69, 9.17) is 20.2 Å². The summed E-state index contributed by atoms with van der Waals surface area (Å²) >= 11 is 0. The van der Waals surface area contributed by atoms with Crippen molar-refractivity contribution in [2.24, 2.45) is 29.6 Å². The molecule has 15 heteroatoms. The molecule has 0 bridgehead atoms. The molecule has 0 saturated carbocycles. The van der Waals surface area contributed by atoms with Crippen LogP contribution < -0.4 is 16.5 Å². The van der Waals surface area contributed by atoms with E-state index >= 15 is 0 Å². The standard InChI is InChI=1S/C41H70N6O9/c1-12-27(6)36(46(9)40(51)34(25(2)3)44-39(50)35(26(4)5)45(8)21-22-56-42)32(54-10)24-33(48)47-20-16-19-31(47)37(55-11)28(7)38(49)43-30(41(52)53)23-29-17-14-13-15-18-29/h13-15,17-18,25-28,30-32,34-37H,12,16,19-24,42H2,1-11H3,(H,43,49)(H,44,50)(H,52,53)/t27-,28+,30-,31-,32+,34-,35?,36-,37+/m0/s1. The maximum atomic E-state index is 14.3. The molecule has 1 saturated heterocycles. The van der Waals surface area contributed by atoms with Gasteiger partial charge in [0.15, 0.2) is 0 Å². The van der Waals surface area contributed by atoms with Crippen LogP contribution in [0.1, 0.15) is 79.7 Å². The molecule has 0 radical (unpaired) electrons. The van der Waals surface area contributed by atoms with Crippen LogP contribution in [0.5, 0.6) is 0 Å². The summed E-state index contributed by atoms with van der Waals surface area (Å²) in [5.74, 6) is 1.72. The summed E-state index contributed by atoms with van der Waals surface area (Å²) in [6.07, 6.45) is 0.705. The Morgan fingerprint density at radius 1 is 0.946 bits per heavy atom. The lowest BCUT2D eigenvalue weighted by molar-refractivity contribution is -0.148. The van der Waals surface area contributed by atoms with Gasteiger partial charge in [-0.15, -0.1) is 0 Å². The maximum Gasteiger partial charge on any atom is 0.326 e. The largest absolute Gasteiger partial charge is 0.480 e. The van der Waals surface area contributed by atoms with E-state index in [1.165, 1.54) is 14.2 Å². The van der Waals surface area contributed by atoms with Gasteiger partial charge in [0.05, 0.1) is 49.3 Å². The predicted molar refractivity (Wildman–Crippen MR) is 214 cm³/mol. The lowest BCUT2D eigenvalue weighted by Gasteiger charge is -2.41. The number of carboxylic acids is 1. The number of carboxylic acid groups (broad SMARTS) is 1. The second-order valence-electron chi connectivity index (χ2n) is 15.9. The molecule has 0 aromatic heterocycles. The molecule has 0 spiro atoms. The highest BCUT2D eigenvalue weighted by Gasteiger charge is 2.43. The van der Waals surface area contributed by atoms with E-state index in [0.717, 1.165) is 5.56 Å². The SMILES string of the molecule is CC[C@H](C)[C@@H]([C@@H](CC(=O)N1CCC[C@H]1[C@H](OC)[C@@H](C)C(=O)N[C@@H](Cc1ccccc1)C(=O)O)OC)N(C)C(=O)[C@@H](NC(=O)C(C(C)C)N(C)CCON)C(C)C. The summed E-state index contributed by atoms with van der Waals surface area (Å²) < 4.78 is 11.9. The van der Waals surface area contributed by atoms with E-state index in [0.29, 0.717) is 32.4 Å². The average Bonchev–Trinajstić information content (AvgIpc) is 3.65. The van der Waals surface area contributed by atoms with Gasteiger partial charge in [0, 0.05) is 40.8 Å². The Morgan fingerprint density at radius 3 is 2.11 bits per heavy atom. The molecular formula is C41H70N6O9. The van der Waals surface area contributed by atoms with Gasteiger partial charge in [-0.2, -0.15) is 0 Å². The van der Waals surface area contributed by atoms with Crippen LogP contribution in [0, 0.1) is 23.7 Å². The first-order valence-corrected chi connectivity index (χ1v) is 20.0. The minimum absolute atomic E-state index is 0.0308. The molecule has 1 aromatic carbocycles. The molecule has 9 atom stereocenters. The Labute approximate surface area is 334 Å². The summed E-state index contributed by atoms with van der Waals surface area (Å²) in [5, 5.41) is 15.6. The van der Waals surface area contributed by atoms with Crippen LogP contribution in [0.2, 0.25) is 0 Å². The molecule has 1 heterocycles. The van der Waals surface area contributed by atoms with E-state index in [1.54, 1.807) is 23.8 Å². The Morgan fingerprint density at radius 2 is 1.59 bits per heavy atom. The number of methoxy groups -OCH3 is 2. The zero-order valence-electron chi connectivity index (χ0n) is 35.5. The second-order valence-corrected chi connectivity index (χ2v) is 15.9. The van der Waals surface area contributed by atoms with Gasteiger partial charge >= 0.3 is 5.97 Å². The van der Waals surface area contributed by atoms with Gasteiger partial charge in [-0.3, -0.25) is 24.1 Å². The van der Waals surface area contributed by atoms with Crippen molar-refractivity contribution in [3.8, 4) is 0 Å².